The Morgan fingerprint density at radius 2 is 1.82 bits per heavy atom. The lowest BCUT2D eigenvalue weighted by Gasteiger charge is -2.27. The quantitative estimate of drug-likeness (QED) is 0.492. The van der Waals surface area contributed by atoms with Gasteiger partial charge in [0, 0.05) is 19.9 Å². The maximum atomic E-state index is 11.1. The Balaban J connectivity index is 2.51. The minimum atomic E-state index is -2.91. The first kappa shape index (κ1) is 14.1. The van der Waals surface area contributed by atoms with Crippen LogP contribution in [0.15, 0.2) is 0 Å². The van der Waals surface area contributed by atoms with Gasteiger partial charge in [0.2, 0.25) is 0 Å². The third kappa shape index (κ3) is 5.29. The molecule has 7 heteroatoms. The summed E-state index contributed by atoms with van der Waals surface area (Å²) in [4.78, 5) is 22.1. The molecule has 0 aromatic carbocycles. The van der Waals surface area contributed by atoms with Gasteiger partial charge in [0.25, 0.3) is 11.9 Å². The van der Waals surface area contributed by atoms with Crippen molar-refractivity contribution in [2.75, 3.05) is 19.4 Å². The fourth-order valence-electron chi connectivity index (χ4n) is 1.36. The van der Waals surface area contributed by atoms with Crippen LogP contribution in [0, 0.1) is 0 Å². The molecular formula is C10H18O6Si. The van der Waals surface area contributed by atoms with Crippen molar-refractivity contribution in [3.63, 3.8) is 0 Å². The maximum Gasteiger partial charge on any atom is 0.490 e. The maximum absolute atomic E-state index is 11.1. The van der Waals surface area contributed by atoms with Crippen molar-refractivity contribution < 1.29 is 27.9 Å². The monoisotopic (exact) mass is 262 g/mol. The molecule has 98 valence electrons. The van der Waals surface area contributed by atoms with Crippen molar-refractivity contribution in [3.05, 3.63) is 0 Å². The molecule has 1 rings (SSSR count). The van der Waals surface area contributed by atoms with E-state index in [0.717, 1.165) is 0 Å². The van der Waals surface area contributed by atoms with Crippen molar-refractivity contribution in [2.24, 2.45) is 0 Å². The van der Waals surface area contributed by atoms with Crippen LogP contribution < -0.4 is 0 Å². The van der Waals surface area contributed by atoms with Crippen LogP contribution in [0.1, 0.15) is 20.8 Å². The zero-order valence-corrected chi connectivity index (χ0v) is 11.4. The second-order valence-electron chi connectivity index (χ2n) is 3.92. The molecule has 1 fully saturated rings. The van der Waals surface area contributed by atoms with Crippen LogP contribution in [0.4, 0.5) is 0 Å². The van der Waals surface area contributed by atoms with Gasteiger partial charge in [-0.05, 0) is 0 Å². The minimum Gasteiger partial charge on any atom is -0.484 e. The molecule has 6 nitrogen and oxygen atoms in total. The van der Waals surface area contributed by atoms with Gasteiger partial charge in [-0.1, -0.05) is 6.92 Å². The van der Waals surface area contributed by atoms with E-state index >= 15 is 0 Å². The highest BCUT2D eigenvalue weighted by atomic mass is 28.4. The van der Waals surface area contributed by atoms with Crippen LogP contribution >= 0.6 is 0 Å². The fourth-order valence-corrected chi connectivity index (χ4v) is 3.49. The number of hydrogen-bond acceptors (Lipinski definition) is 6. The van der Waals surface area contributed by atoms with Crippen LogP contribution in [0.2, 0.25) is 6.04 Å². The predicted octanol–water partition coefficient (Wildman–Crippen LogP) is 0.529. The standard InChI is InChI=1S/C10H18O6Si/c1-4-17(15-8(2)11,16-9(3)12)7-13-5-10-6-14-10/h10H,4-7H2,1-3H3. The molecule has 0 radical (unpaired) electrons. The first-order valence-electron chi connectivity index (χ1n) is 5.56. The molecule has 1 aliphatic rings. The summed E-state index contributed by atoms with van der Waals surface area (Å²) in [6.07, 6.45) is 0.288. The first-order valence-corrected chi connectivity index (χ1v) is 7.79. The van der Waals surface area contributed by atoms with E-state index in [2.05, 4.69) is 0 Å². The summed E-state index contributed by atoms with van der Waals surface area (Å²) in [6.45, 7) is 5.55. The third-order valence-electron chi connectivity index (χ3n) is 2.23. The number of carbonyl (C=O) groups is 2. The van der Waals surface area contributed by atoms with Gasteiger partial charge in [0.1, 0.15) is 12.3 Å². The summed E-state index contributed by atoms with van der Waals surface area (Å²) < 4.78 is 20.8. The molecule has 1 heterocycles. The number of hydrogen-bond donors (Lipinski definition) is 0. The Morgan fingerprint density at radius 1 is 1.29 bits per heavy atom. The van der Waals surface area contributed by atoms with E-state index in [0.29, 0.717) is 19.3 Å². The topological polar surface area (TPSA) is 74.4 Å². The van der Waals surface area contributed by atoms with Crippen LogP contribution in [0.5, 0.6) is 0 Å². The Bertz CT molecular complexity index is 273. The number of carbonyl (C=O) groups excluding carboxylic acids is 2. The van der Waals surface area contributed by atoms with E-state index in [1.165, 1.54) is 13.8 Å². The van der Waals surface area contributed by atoms with Crippen molar-refractivity contribution >= 4 is 20.5 Å². The van der Waals surface area contributed by atoms with Gasteiger partial charge in [-0.2, -0.15) is 0 Å². The van der Waals surface area contributed by atoms with Gasteiger partial charge < -0.3 is 18.3 Å². The van der Waals surface area contributed by atoms with Gasteiger partial charge in [0.05, 0.1) is 13.2 Å². The molecule has 0 N–H and O–H groups in total. The minimum absolute atomic E-state index is 0.133. The molecule has 0 bridgehead atoms. The van der Waals surface area contributed by atoms with Crippen LogP contribution in [0.25, 0.3) is 0 Å². The van der Waals surface area contributed by atoms with Gasteiger partial charge >= 0.3 is 8.56 Å². The normalized spacial score (nSPS) is 18.6. The summed E-state index contributed by atoms with van der Waals surface area (Å²) in [5, 5.41) is 0. The molecule has 0 saturated carbocycles. The molecule has 0 spiro atoms. The molecule has 0 aromatic rings. The lowest BCUT2D eigenvalue weighted by molar-refractivity contribution is -0.139. The van der Waals surface area contributed by atoms with Gasteiger partial charge in [-0.3, -0.25) is 9.59 Å². The Morgan fingerprint density at radius 3 is 2.18 bits per heavy atom. The molecule has 1 unspecified atom stereocenters. The van der Waals surface area contributed by atoms with E-state index < -0.39 is 20.5 Å². The van der Waals surface area contributed by atoms with Crippen molar-refractivity contribution in [1.29, 1.82) is 0 Å². The summed E-state index contributed by atoms with van der Waals surface area (Å²) in [7, 11) is -2.91. The first-order chi connectivity index (χ1) is 7.97. The Hall–Kier alpha value is -0.923. The van der Waals surface area contributed by atoms with Crippen molar-refractivity contribution in [2.45, 2.75) is 32.9 Å². The number of ether oxygens (including phenoxy) is 2. The third-order valence-corrected chi connectivity index (χ3v) is 5.27. The van der Waals surface area contributed by atoms with Gasteiger partial charge in [-0.25, -0.2) is 0 Å². The van der Waals surface area contributed by atoms with Crippen LogP contribution in [-0.4, -0.2) is 46.0 Å². The van der Waals surface area contributed by atoms with Gasteiger partial charge in [-0.15, -0.1) is 0 Å². The average molecular weight is 262 g/mol. The van der Waals surface area contributed by atoms with E-state index in [1.54, 1.807) is 0 Å². The summed E-state index contributed by atoms with van der Waals surface area (Å²) in [5.41, 5.74) is 0. The lowest BCUT2D eigenvalue weighted by Crippen LogP contribution is -2.49. The van der Waals surface area contributed by atoms with E-state index in [-0.39, 0.29) is 12.3 Å². The fraction of sp³-hybridized carbons (Fsp3) is 0.800. The molecule has 0 aliphatic carbocycles. The molecule has 1 aliphatic heterocycles. The van der Waals surface area contributed by atoms with Crippen molar-refractivity contribution in [3.8, 4) is 0 Å². The summed E-state index contributed by atoms with van der Waals surface area (Å²) in [5.74, 6) is -0.905. The van der Waals surface area contributed by atoms with E-state index in [1.807, 2.05) is 6.92 Å². The zero-order valence-electron chi connectivity index (χ0n) is 10.4. The molecule has 1 atom stereocenters. The molecule has 1 saturated heterocycles. The summed E-state index contributed by atoms with van der Waals surface area (Å²) >= 11 is 0. The van der Waals surface area contributed by atoms with Crippen LogP contribution in [-0.2, 0) is 27.9 Å². The lowest BCUT2D eigenvalue weighted by atomic mass is 10.5. The molecule has 17 heavy (non-hydrogen) atoms. The Kier molecular flexibility index (Phi) is 5.10. The van der Waals surface area contributed by atoms with Crippen LogP contribution in [0.3, 0.4) is 0 Å². The SMILES string of the molecule is CC[Si](COCC1CO1)(OC(C)=O)OC(C)=O. The second-order valence-corrected chi connectivity index (χ2v) is 7.15. The predicted molar refractivity (Wildman–Crippen MR) is 60.3 cm³/mol. The second kappa shape index (κ2) is 6.13. The largest absolute Gasteiger partial charge is 0.490 e. The van der Waals surface area contributed by atoms with E-state index in [9.17, 15) is 9.59 Å². The number of rotatable bonds is 7. The zero-order chi connectivity index (χ0) is 12.9. The highest BCUT2D eigenvalue weighted by Gasteiger charge is 2.43. The number of epoxide rings is 1. The smallest absolute Gasteiger partial charge is 0.484 e. The van der Waals surface area contributed by atoms with E-state index in [4.69, 9.17) is 18.3 Å². The summed E-state index contributed by atoms with van der Waals surface area (Å²) in [6, 6.07) is 0.470. The highest BCUT2D eigenvalue weighted by Crippen LogP contribution is 2.16. The average Bonchev–Trinajstić information content (AvgIpc) is 2.99. The van der Waals surface area contributed by atoms with Crippen molar-refractivity contribution in [1.82, 2.24) is 0 Å². The Labute approximate surface area is 101 Å². The van der Waals surface area contributed by atoms with Gasteiger partial charge in [0.15, 0.2) is 0 Å². The molecule has 0 amide bonds. The highest BCUT2D eigenvalue weighted by molar-refractivity contribution is 6.70. The molecular weight excluding hydrogens is 244 g/mol. The molecule has 0 aromatic heterocycles.